The summed E-state index contributed by atoms with van der Waals surface area (Å²) in [5.41, 5.74) is -5.39. The molecule has 48 atom stereocenters. The molecule has 41 nitrogen and oxygen atoms in total. The zero-order valence-electron chi connectivity index (χ0n) is 68.0. The highest BCUT2D eigenvalue weighted by molar-refractivity contribution is 5.80. The van der Waals surface area contributed by atoms with Gasteiger partial charge in [0.1, 0.15) is 152 Å². The van der Waals surface area contributed by atoms with Crippen LogP contribution < -0.4 is 0 Å². The molecule has 48 unspecified atom stereocenters. The Bertz CT molecular complexity index is 3560. The number of carbonyl (C=O) groups is 4. The highest BCUT2D eigenvalue weighted by Gasteiger charge is 2.74. The van der Waals surface area contributed by atoms with Gasteiger partial charge in [-0.05, 0) is 125 Å². The summed E-state index contributed by atoms with van der Waals surface area (Å²) in [5.74, 6) is -5.30. The summed E-state index contributed by atoms with van der Waals surface area (Å²) in [7, 11) is 0. The summed E-state index contributed by atoms with van der Waals surface area (Å²) < 4.78 is 104. The fraction of sp³-hybridized carbons (Fsp3) is 0.923. The van der Waals surface area contributed by atoms with Crippen LogP contribution >= 0.6 is 0 Å². The van der Waals surface area contributed by atoms with Crippen molar-refractivity contribution in [2.75, 3.05) is 19.8 Å². The molecule has 0 aromatic carbocycles. The number of rotatable bonds is 20. The van der Waals surface area contributed by atoms with Crippen LogP contribution in [0.15, 0.2) is 11.6 Å². The average molecular weight is 1720 g/mol. The van der Waals surface area contributed by atoms with Gasteiger partial charge in [-0.15, -0.1) is 0 Å². The molecule has 13 rings (SSSR count). The van der Waals surface area contributed by atoms with Gasteiger partial charge in [0.2, 0.25) is 6.29 Å². The number of aliphatic hydroxyl groups is 19. The van der Waals surface area contributed by atoms with Crippen LogP contribution in [0.4, 0.5) is 0 Å². The van der Waals surface area contributed by atoms with E-state index < -0.39 is 328 Å². The van der Waals surface area contributed by atoms with E-state index >= 15 is 4.79 Å². The van der Waals surface area contributed by atoms with Gasteiger partial charge in [-0.2, -0.15) is 0 Å². The molecule has 0 aromatic rings. The molecule has 4 saturated carbocycles. The van der Waals surface area contributed by atoms with E-state index in [0.717, 1.165) is 18.8 Å². The first-order chi connectivity index (χ1) is 55.7. The van der Waals surface area contributed by atoms with E-state index in [1.807, 2.05) is 13.8 Å². The smallest absolute Gasteiger partial charge is 0.335 e. The molecule has 13 aliphatic rings. The van der Waals surface area contributed by atoms with E-state index in [-0.39, 0.29) is 25.2 Å². The van der Waals surface area contributed by atoms with E-state index in [1.54, 1.807) is 6.92 Å². The number of esters is 2. The van der Waals surface area contributed by atoms with Crippen LogP contribution in [0, 0.1) is 50.2 Å². The van der Waals surface area contributed by atoms with Gasteiger partial charge in [0.15, 0.2) is 62.3 Å². The number of aliphatic hydroxyl groups excluding tert-OH is 19. The molecule has 119 heavy (non-hydrogen) atoms. The van der Waals surface area contributed by atoms with Gasteiger partial charge < -0.3 is 187 Å². The van der Waals surface area contributed by atoms with Gasteiger partial charge in [-0.3, -0.25) is 9.59 Å². The van der Waals surface area contributed by atoms with Crippen molar-refractivity contribution in [3.8, 4) is 0 Å². The fourth-order valence-electron chi connectivity index (χ4n) is 22.0. The number of aliphatic carboxylic acids is 1. The Morgan fingerprint density at radius 2 is 0.958 bits per heavy atom. The zero-order valence-corrected chi connectivity index (χ0v) is 68.0. The molecule has 20 N–H and O–H groups in total. The summed E-state index contributed by atoms with van der Waals surface area (Å²) in [5, 5.41) is 223. The van der Waals surface area contributed by atoms with Crippen molar-refractivity contribution in [3.63, 3.8) is 0 Å². The first kappa shape index (κ1) is 93.1. The summed E-state index contributed by atoms with van der Waals surface area (Å²) in [6.07, 6.45) is -66.9. The van der Waals surface area contributed by atoms with Crippen molar-refractivity contribution < 1.29 is 202 Å². The molecule has 5 aliphatic carbocycles. The number of fused-ring (bicyclic) bond motifs is 7. The Morgan fingerprint density at radius 1 is 0.454 bits per heavy atom. The highest BCUT2D eigenvalue weighted by Crippen LogP contribution is 2.76. The number of hydrogen-bond donors (Lipinski definition) is 20. The molecule has 8 saturated heterocycles. The first-order valence-electron chi connectivity index (χ1n) is 41.1. The summed E-state index contributed by atoms with van der Waals surface area (Å²) in [6.45, 7) is 16.6. The first-order valence-corrected chi connectivity index (χ1v) is 41.1. The van der Waals surface area contributed by atoms with Gasteiger partial charge in [0.25, 0.3) is 0 Å². The second-order valence-electron chi connectivity index (χ2n) is 36.9. The van der Waals surface area contributed by atoms with E-state index in [9.17, 15) is 117 Å². The molecule has 12 fully saturated rings. The van der Waals surface area contributed by atoms with Crippen LogP contribution in [0.2, 0.25) is 0 Å². The summed E-state index contributed by atoms with van der Waals surface area (Å²) in [6, 6.07) is 0. The topological polar surface area (TPSA) is 630 Å². The van der Waals surface area contributed by atoms with Crippen molar-refractivity contribution in [1.82, 2.24) is 0 Å². The van der Waals surface area contributed by atoms with Crippen LogP contribution in [0.1, 0.15) is 134 Å². The minimum Gasteiger partial charge on any atom is -0.479 e. The number of allylic oxidation sites excluding steroid dienone is 2. The lowest BCUT2D eigenvalue weighted by Gasteiger charge is -2.71. The standard InChI is InChI=1S/C78H122O41/c1-26-40(85)44(89)49(94)66(105-26)114-58-53(98)59(63(100)101)115-71(61(58)117-69-51(96)46(91)43(88)35(22-79)110-69)111-39-15-16-74(8)36(75(39,9)25-80)14-17-76(10)37(74)13-12-31-32-20-73(6,7)18-19-78(32,38(84)21-77(31,76)11)72(102)119-70-62(60(56(29(4)108-70)109-30(5)81)116-67-50(95)45(90)41(86)27(2)106-67)118-68-52(97)47(92)55(28(3)107-68)112-65-54(99)57(34(83)24-104-65)113-64-48(93)42(87)33(82)23-103-64/h12,25-29,32-62,64-71,79,82-99H,13-24H2,1-11H3,(H,100,101). The van der Waals surface area contributed by atoms with Crippen LogP contribution in [0.25, 0.3) is 0 Å². The number of aldehydes is 1. The predicted octanol–water partition coefficient (Wildman–Crippen LogP) is -6.54. The zero-order chi connectivity index (χ0) is 87.1. The van der Waals surface area contributed by atoms with Crippen molar-refractivity contribution in [1.29, 1.82) is 0 Å². The van der Waals surface area contributed by atoms with Crippen LogP contribution in [0.5, 0.6) is 0 Å². The van der Waals surface area contributed by atoms with Crippen molar-refractivity contribution in [3.05, 3.63) is 11.6 Å². The molecule has 0 amide bonds. The molecule has 8 heterocycles. The molecule has 680 valence electrons. The molecule has 41 heteroatoms. The maximum absolute atomic E-state index is 16.4. The lowest BCUT2D eigenvalue weighted by molar-refractivity contribution is -0.394. The van der Waals surface area contributed by atoms with E-state index in [2.05, 4.69) is 26.8 Å². The highest BCUT2D eigenvalue weighted by atomic mass is 16.8. The Morgan fingerprint density at radius 3 is 1.55 bits per heavy atom. The molecular formula is C78H122O41. The van der Waals surface area contributed by atoms with E-state index in [0.29, 0.717) is 38.5 Å². The normalized spacial score (nSPS) is 54.5. The SMILES string of the molecule is CC(=O)OC1C(C)OC(OC(=O)C23CCC(C)(C)CC2C2=CCC4C5(C)CCC(OC6OC(C(=O)O)C(O)C(OC7OC(C)C(O)C(O)C7O)C6OC6OC(CO)C(O)C(O)C6O)C(C)(C=O)C5CCC4(C)C2(C)CC3O)C(OC2OC(C)C(OC3OCC(O)C(OC4OCC(O)C(O)C4O)C3O)C(O)C2O)C1OC1OC(C)C(O)C(O)C1O. The molecule has 0 radical (unpaired) electrons. The lowest BCUT2D eigenvalue weighted by atomic mass is 9.33. The fourth-order valence-corrected chi connectivity index (χ4v) is 22.0. The number of ether oxygens (including phenoxy) is 17. The second-order valence-corrected chi connectivity index (χ2v) is 36.9. The number of carboxylic acid groups (broad SMARTS) is 1. The molecule has 0 spiro atoms. The molecule has 0 bridgehead atoms. The Kier molecular flexibility index (Phi) is 27.6. The number of hydrogen-bond acceptors (Lipinski definition) is 40. The second kappa shape index (κ2) is 35.2. The largest absolute Gasteiger partial charge is 0.479 e. The van der Waals surface area contributed by atoms with Gasteiger partial charge in [0.05, 0.1) is 61.9 Å². The lowest BCUT2D eigenvalue weighted by Crippen LogP contribution is -2.70. The van der Waals surface area contributed by atoms with E-state index in [1.165, 1.54) is 27.7 Å². The van der Waals surface area contributed by atoms with E-state index in [4.69, 9.17) is 80.5 Å². The molecular weight excluding hydrogens is 1590 g/mol. The summed E-state index contributed by atoms with van der Waals surface area (Å²) >= 11 is 0. The Hall–Kier alpha value is -3.54. The number of carbonyl (C=O) groups excluding carboxylic acids is 3. The maximum Gasteiger partial charge on any atom is 0.335 e. The van der Waals surface area contributed by atoms with Crippen molar-refractivity contribution >= 4 is 24.2 Å². The van der Waals surface area contributed by atoms with Crippen LogP contribution in [-0.2, 0) is 99.7 Å². The van der Waals surface area contributed by atoms with Gasteiger partial charge >= 0.3 is 17.9 Å². The summed E-state index contributed by atoms with van der Waals surface area (Å²) in [4.78, 5) is 57.1. The van der Waals surface area contributed by atoms with Crippen LogP contribution in [-0.4, -0.2) is 392 Å². The third-order valence-electron chi connectivity index (χ3n) is 29.2. The van der Waals surface area contributed by atoms with Gasteiger partial charge in [0, 0.05) is 6.92 Å². The third-order valence-corrected chi connectivity index (χ3v) is 29.2. The predicted molar refractivity (Wildman–Crippen MR) is 388 cm³/mol. The molecule has 8 aliphatic heterocycles. The third kappa shape index (κ3) is 16.5. The maximum atomic E-state index is 16.4. The number of carboxylic acids is 1. The van der Waals surface area contributed by atoms with Gasteiger partial charge in [-0.1, -0.05) is 53.2 Å². The van der Waals surface area contributed by atoms with Crippen molar-refractivity contribution in [2.45, 2.75) is 380 Å². The monoisotopic (exact) mass is 1710 g/mol. The van der Waals surface area contributed by atoms with Crippen molar-refractivity contribution in [2.24, 2.45) is 50.2 Å². The average Bonchev–Trinajstić information content (AvgIpc) is 0.669. The molecule has 0 aromatic heterocycles. The quantitative estimate of drug-likeness (QED) is 0.0233. The Balaban J connectivity index is 0.789. The van der Waals surface area contributed by atoms with Crippen LogP contribution in [0.3, 0.4) is 0 Å². The minimum atomic E-state index is -2.26. The Labute approximate surface area is 685 Å². The van der Waals surface area contributed by atoms with Gasteiger partial charge in [-0.25, -0.2) is 4.79 Å². The minimum absolute atomic E-state index is 0.0341.